The van der Waals surface area contributed by atoms with Crippen LogP contribution in [-0.4, -0.2) is 57.8 Å². The van der Waals surface area contributed by atoms with Crippen molar-refractivity contribution >= 4 is 40.2 Å². The van der Waals surface area contributed by atoms with Gasteiger partial charge in [-0.3, -0.25) is 14.6 Å². The first-order chi connectivity index (χ1) is 16.3. The van der Waals surface area contributed by atoms with E-state index in [9.17, 15) is 9.59 Å². The molecule has 0 unspecified atom stereocenters. The fourth-order valence-electron chi connectivity index (χ4n) is 4.73. The van der Waals surface area contributed by atoms with Crippen molar-refractivity contribution in [1.29, 1.82) is 0 Å². The van der Waals surface area contributed by atoms with E-state index in [1.165, 1.54) is 0 Å². The Morgan fingerprint density at radius 2 is 1.91 bits per heavy atom. The molecule has 2 aromatic heterocycles. The van der Waals surface area contributed by atoms with E-state index in [4.69, 9.17) is 15.7 Å². The fourth-order valence-corrected chi connectivity index (χ4v) is 4.73. The number of nitrogens with zero attached hydrogens (tertiary/aromatic N) is 6. The van der Waals surface area contributed by atoms with Crippen molar-refractivity contribution in [2.75, 3.05) is 29.9 Å². The molecule has 0 radical (unpaired) electrons. The van der Waals surface area contributed by atoms with E-state index in [1.54, 1.807) is 0 Å². The van der Waals surface area contributed by atoms with Gasteiger partial charge < -0.3 is 20.4 Å². The summed E-state index contributed by atoms with van der Waals surface area (Å²) in [4.78, 5) is 44.9. The van der Waals surface area contributed by atoms with E-state index in [1.807, 2.05) is 66.1 Å². The maximum absolute atomic E-state index is 13.2. The molecule has 0 atom stereocenters. The van der Waals surface area contributed by atoms with Gasteiger partial charge in [-0.25, -0.2) is 4.98 Å². The van der Waals surface area contributed by atoms with E-state index >= 15 is 0 Å². The van der Waals surface area contributed by atoms with Gasteiger partial charge in [0.15, 0.2) is 0 Å². The van der Waals surface area contributed by atoms with Crippen LogP contribution in [0.15, 0.2) is 36.5 Å². The molecule has 34 heavy (non-hydrogen) atoms. The molecule has 1 saturated heterocycles. The minimum atomic E-state index is -0.262. The lowest BCUT2D eigenvalue weighted by Gasteiger charge is -2.31. The maximum atomic E-state index is 13.2. The zero-order valence-electron chi connectivity index (χ0n) is 19.7. The third kappa shape index (κ3) is 3.81. The van der Waals surface area contributed by atoms with Gasteiger partial charge in [0.2, 0.25) is 11.9 Å². The highest BCUT2D eigenvalue weighted by atomic mass is 16.2. The highest BCUT2D eigenvalue weighted by Crippen LogP contribution is 2.36. The Morgan fingerprint density at radius 3 is 2.62 bits per heavy atom. The molecule has 0 spiro atoms. The molecular formula is C25H29N7O2. The molecule has 2 aliphatic rings. The van der Waals surface area contributed by atoms with Crippen molar-refractivity contribution in [2.24, 2.45) is 11.7 Å². The average Bonchev–Trinajstić information content (AvgIpc) is 3.19. The van der Waals surface area contributed by atoms with Gasteiger partial charge in [-0.05, 0) is 38.8 Å². The largest absolute Gasteiger partial charge is 0.369 e. The summed E-state index contributed by atoms with van der Waals surface area (Å²) in [6.45, 7) is 5.72. The maximum Gasteiger partial charge on any atom is 0.273 e. The number of primary amides is 1. The number of fused-ring (bicyclic) bond motifs is 2. The lowest BCUT2D eigenvalue weighted by molar-refractivity contribution is -0.122. The Balaban J connectivity index is 1.56. The first kappa shape index (κ1) is 22.1. The van der Waals surface area contributed by atoms with Crippen molar-refractivity contribution in [2.45, 2.75) is 39.3 Å². The van der Waals surface area contributed by atoms with Gasteiger partial charge in [0.05, 0.1) is 23.9 Å². The summed E-state index contributed by atoms with van der Waals surface area (Å²) in [5, 5.41) is 1.03. The number of rotatable bonds is 5. The van der Waals surface area contributed by atoms with Gasteiger partial charge in [0.25, 0.3) is 5.91 Å². The number of aromatic nitrogens is 3. The molecule has 2 amide bonds. The van der Waals surface area contributed by atoms with E-state index in [0.29, 0.717) is 49.9 Å². The highest BCUT2D eigenvalue weighted by molar-refractivity contribution is 5.99. The molecule has 176 valence electrons. The van der Waals surface area contributed by atoms with Crippen LogP contribution in [0.4, 0.5) is 17.5 Å². The number of hydrogen-bond acceptors (Lipinski definition) is 7. The molecule has 1 aromatic carbocycles. The molecule has 9 nitrogen and oxygen atoms in total. The second-order valence-electron chi connectivity index (χ2n) is 9.31. The molecule has 2 N–H and O–H groups in total. The van der Waals surface area contributed by atoms with E-state index in [0.717, 1.165) is 22.2 Å². The Labute approximate surface area is 198 Å². The molecule has 5 rings (SSSR count). The number of nitrogens with two attached hydrogens (primary N) is 1. The number of hydrogen-bond donors (Lipinski definition) is 1. The van der Waals surface area contributed by atoms with Crippen molar-refractivity contribution in [3.63, 3.8) is 0 Å². The predicted molar refractivity (Wildman–Crippen MR) is 131 cm³/mol. The van der Waals surface area contributed by atoms with Gasteiger partial charge in [-0.2, -0.15) is 4.98 Å². The van der Waals surface area contributed by atoms with Crippen LogP contribution in [0.5, 0.6) is 0 Å². The van der Waals surface area contributed by atoms with Gasteiger partial charge in [-0.1, -0.05) is 18.2 Å². The number of benzene rings is 1. The van der Waals surface area contributed by atoms with Crippen LogP contribution in [0.3, 0.4) is 0 Å². The van der Waals surface area contributed by atoms with Crippen molar-refractivity contribution in [3.05, 3.63) is 47.8 Å². The van der Waals surface area contributed by atoms with Crippen LogP contribution in [0.25, 0.3) is 10.9 Å². The summed E-state index contributed by atoms with van der Waals surface area (Å²) in [5.74, 6) is 0.741. The summed E-state index contributed by atoms with van der Waals surface area (Å²) in [7, 11) is 1.94. The monoisotopic (exact) mass is 459 g/mol. The number of anilines is 3. The Bertz CT molecular complexity index is 1270. The number of carbonyl (C=O) groups is 2. The van der Waals surface area contributed by atoms with Crippen LogP contribution < -0.4 is 15.5 Å². The zero-order chi connectivity index (χ0) is 24.0. The van der Waals surface area contributed by atoms with Crippen molar-refractivity contribution < 1.29 is 9.59 Å². The molecular weight excluding hydrogens is 430 g/mol. The van der Waals surface area contributed by atoms with Gasteiger partial charge in [-0.15, -0.1) is 0 Å². The average molecular weight is 460 g/mol. The first-order valence-corrected chi connectivity index (χ1v) is 11.7. The first-order valence-electron chi connectivity index (χ1n) is 11.7. The standard InChI is InChI=1S/C25H29N7O2/c1-15(2)32-14-19-21(24(32)34)28-25(31-10-8-16(9-11-31)22(26)33)29-23(19)30(3)18-12-17-6-4-5-7-20(17)27-13-18/h4-7,12-13,15-16H,8-11,14H2,1-3H3,(H2,26,33). The van der Waals surface area contributed by atoms with Crippen LogP contribution in [-0.2, 0) is 11.3 Å². The molecule has 4 heterocycles. The van der Waals surface area contributed by atoms with Crippen LogP contribution in [0.2, 0.25) is 0 Å². The lowest BCUT2D eigenvalue weighted by atomic mass is 9.96. The second kappa shape index (κ2) is 8.55. The minimum absolute atomic E-state index is 0.0527. The Kier molecular flexibility index (Phi) is 5.55. The van der Waals surface area contributed by atoms with Crippen LogP contribution in [0, 0.1) is 5.92 Å². The number of carbonyl (C=O) groups excluding carboxylic acids is 2. The van der Waals surface area contributed by atoms with Gasteiger partial charge in [0.1, 0.15) is 11.5 Å². The van der Waals surface area contributed by atoms with E-state index in [-0.39, 0.29) is 23.8 Å². The minimum Gasteiger partial charge on any atom is -0.369 e. The topological polar surface area (TPSA) is 109 Å². The SMILES string of the molecule is CC(C)N1Cc2c(nc(N3CCC(C(N)=O)CC3)nc2N(C)c2cnc3ccccc3c2)C1=O. The Hall–Kier alpha value is -3.75. The molecule has 0 saturated carbocycles. The summed E-state index contributed by atoms with van der Waals surface area (Å²) >= 11 is 0. The van der Waals surface area contributed by atoms with Crippen LogP contribution in [0.1, 0.15) is 42.7 Å². The summed E-state index contributed by atoms with van der Waals surface area (Å²) < 4.78 is 0. The van der Waals surface area contributed by atoms with Crippen molar-refractivity contribution in [1.82, 2.24) is 19.9 Å². The molecule has 9 heteroatoms. The third-order valence-electron chi connectivity index (χ3n) is 6.85. The third-order valence-corrected chi connectivity index (χ3v) is 6.85. The summed E-state index contributed by atoms with van der Waals surface area (Å²) in [6.07, 6.45) is 3.13. The number of amides is 2. The summed E-state index contributed by atoms with van der Waals surface area (Å²) in [6, 6.07) is 10.1. The normalized spacial score (nSPS) is 16.4. The summed E-state index contributed by atoms with van der Waals surface area (Å²) in [5.41, 5.74) is 8.58. The second-order valence-corrected chi connectivity index (χ2v) is 9.31. The number of para-hydroxylation sites is 1. The fraction of sp³-hybridized carbons (Fsp3) is 0.400. The molecule has 0 bridgehead atoms. The highest BCUT2D eigenvalue weighted by Gasteiger charge is 2.36. The van der Waals surface area contributed by atoms with Gasteiger partial charge >= 0.3 is 0 Å². The van der Waals surface area contributed by atoms with Gasteiger partial charge in [0, 0.05) is 43.0 Å². The van der Waals surface area contributed by atoms with Crippen molar-refractivity contribution in [3.8, 4) is 0 Å². The smallest absolute Gasteiger partial charge is 0.273 e. The molecule has 3 aromatic rings. The molecule has 2 aliphatic heterocycles. The van der Waals surface area contributed by atoms with E-state index < -0.39 is 0 Å². The lowest BCUT2D eigenvalue weighted by Crippen LogP contribution is -2.39. The molecule has 0 aliphatic carbocycles. The number of pyridine rings is 1. The Morgan fingerprint density at radius 1 is 1.18 bits per heavy atom. The molecule has 1 fully saturated rings. The van der Waals surface area contributed by atoms with Crippen LogP contribution >= 0.6 is 0 Å². The quantitative estimate of drug-likeness (QED) is 0.625. The number of piperidine rings is 1. The van der Waals surface area contributed by atoms with E-state index in [2.05, 4.69) is 11.1 Å². The zero-order valence-corrected chi connectivity index (χ0v) is 19.7. The predicted octanol–water partition coefficient (Wildman–Crippen LogP) is 2.86.